The van der Waals surface area contributed by atoms with Crippen LogP contribution in [-0.4, -0.2) is 6.29 Å². The number of allylic oxidation sites excluding steroid dienone is 2. The van der Waals surface area contributed by atoms with Crippen LogP contribution in [-0.2, 0) is 4.79 Å². The van der Waals surface area contributed by atoms with E-state index in [1.54, 1.807) is 0 Å². The fourth-order valence-electron chi connectivity index (χ4n) is 0.987. The molecule has 0 N–H and O–H groups in total. The highest BCUT2D eigenvalue weighted by Crippen LogP contribution is 2.21. The van der Waals surface area contributed by atoms with Crippen LogP contribution in [0.15, 0.2) is 12.2 Å². The van der Waals surface area contributed by atoms with Crippen LogP contribution in [0.2, 0.25) is 0 Å². The van der Waals surface area contributed by atoms with Gasteiger partial charge in [0.25, 0.3) is 0 Å². The maximum atomic E-state index is 10.2. The van der Waals surface area contributed by atoms with Crippen LogP contribution >= 0.6 is 0 Å². The Labute approximate surface area is 49.4 Å². The lowest BCUT2D eigenvalue weighted by Gasteiger charge is -2.03. The number of hydrogen-bond donors (Lipinski definition) is 0. The first-order valence-corrected chi connectivity index (χ1v) is 2.96. The predicted molar refractivity (Wildman–Crippen MR) is 32.5 cm³/mol. The summed E-state index contributed by atoms with van der Waals surface area (Å²) in [4.78, 5) is 10.2. The van der Waals surface area contributed by atoms with Gasteiger partial charge in [-0.2, -0.15) is 0 Å². The minimum Gasteiger partial charge on any atom is -0.303 e. The lowest BCUT2D eigenvalue weighted by Crippen LogP contribution is -2.04. The van der Waals surface area contributed by atoms with Gasteiger partial charge in [0.05, 0.1) is 0 Å². The van der Waals surface area contributed by atoms with Crippen molar-refractivity contribution in [2.45, 2.75) is 13.3 Å². The van der Waals surface area contributed by atoms with Gasteiger partial charge in [-0.05, 0) is 12.3 Å². The molecule has 0 aliphatic heterocycles. The van der Waals surface area contributed by atoms with Gasteiger partial charge in [0.2, 0.25) is 0 Å². The van der Waals surface area contributed by atoms with Gasteiger partial charge in [0, 0.05) is 5.92 Å². The molecule has 0 bridgehead atoms. The quantitative estimate of drug-likeness (QED) is 0.368. The molecule has 0 amide bonds. The standard InChI is InChI=1S/C7H10O/c1-6-3-2-4-7(6)5-8/h2-3,5-7H,4H2,1H3. The third-order valence-electron chi connectivity index (χ3n) is 1.70. The largest absolute Gasteiger partial charge is 0.303 e. The van der Waals surface area contributed by atoms with E-state index in [0.717, 1.165) is 12.7 Å². The number of aldehydes is 1. The fourth-order valence-corrected chi connectivity index (χ4v) is 0.987. The average molecular weight is 110 g/mol. The molecule has 0 fully saturated rings. The van der Waals surface area contributed by atoms with E-state index in [4.69, 9.17) is 0 Å². The lowest BCUT2D eigenvalue weighted by atomic mass is 10.00. The molecular formula is C7H10O. The normalized spacial score (nSPS) is 35.6. The van der Waals surface area contributed by atoms with Crippen molar-refractivity contribution in [2.75, 3.05) is 0 Å². The molecule has 0 radical (unpaired) electrons. The van der Waals surface area contributed by atoms with Crippen LogP contribution in [0.4, 0.5) is 0 Å². The second kappa shape index (κ2) is 2.12. The summed E-state index contributed by atoms with van der Waals surface area (Å²) < 4.78 is 0. The van der Waals surface area contributed by atoms with E-state index in [9.17, 15) is 4.79 Å². The molecule has 1 rings (SSSR count). The van der Waals surface area contributed by atoms with Crippen LogP contribution in [0.1, 0.15) is 13.3 Å². The summed E-state index contributed by atoms with van der Waals surface area (Å²) in [7, 11) is 0. The minimum atomic E-state index is 0.273. The zero-order chi connectivity index (χ0) is 5.98. The monoisotopic (exact) mass is 110 g/mol. The highest BCUT2D eigenvalue weighted by atomic mass is 16.1. The van der Waals surface area contributed by atoms with Gasteiger partial charge >= 0.3 is 0 Å². The molecule has 1 aliphatic rings. The third-order valence-corrected chi connectivity index (χ3v) is 1.70. The molecule has 8 heavy (non-hydrogen) atoms. The minimum absolute atomic E-state index is 0.273. The first kappa shape index (κ1) is 5.54. The number of rotatable bonds is 1. The average Bonchev–Trinajstić information content (AvgIpc) is 2.14. The van der Waals surface area contributed by atoms with Crippen molar-refractivity contribution in [1.82, 2.24) is 0 Å². The summed E-state index contributed by atoms with van der Waals surface area (Å²) in [5.41, 5.74) is 0. The molecule has 0 aromatic heterocycles. The Hall–Kier alpha value is -0.590. The Bertz CT molecular complexity index is 116. The highest BCUT2D eigenvalue weighted by Gasteiger charge is 2.16. The van der Waals surface area contributed by atoms with Crippen molar-refractivity contribution in [1.29, 1.82) is 0 Å². The maximum absolute atomic E-state index is 10.2. The lowest BCUT2D eigenvalue weighted by molar-refractivity contribution is -0.111. The summed E-state index contributed by atoms with van der Waals surface area (Å²) >= 11 is 0. The summed E-state index contributed by atoms with van der Waals surface area (Å²) in [6.45, 7) is 2.07. The Morgan fingerprint density at radius 2 is 2.50 bits per heavy atom. The Kier molecular flexibility index (Phi) is 1.47. The van der Waals surface area contributed by atoms with Crippen LogP contribution < -0.4 is 0 Å². The summed E-state index contributed by atoms with van der Waals surface area (Å²) in [5, 5.41) is 0. The molecule has 0 saturated carbocycles. The molecule has 0 aromatic rings. The van der Waals surface area contributed by atoms with Crippen LogP contribution in [0, 0.1) is 11.8 Å². The third kappa shape index (κ3) is 0.808. The summed E-state index contributed by atoms with van der Waals surface area (Å²) in [6, 6.07) is 0. The SMILES string of the molecule is CC1C=CCC1C=O. The van der Waals surface area contributed by atoms with Gasteiger partial charge in [-0.1, -0.05) is 19.1 Å². The number of carbonyl (C=O) groups is 1. The molecule has 0 aromatic carbocycles. The smallest absolute Gasteiger partial charge is 0.123 e. The summed E-state index contributed by atoms with van der Waals surface area (Å²) in [5.74, 6) is 0.752. The Morgan fingerprint density at radius 3 is 2.75 bits per heavy atom. The zero-order valence-electron chi connectivity index (χ0n) is 5.00. The molecule has 44 valence electrons. The van der Waals surface area contributed by atoms with E-state index in [1.807, 2.05) is 0 Å². The van der Waals surface area contributed by atoms with Crippen molar-refractivity contribution < 1.29 is 4.79 Å². The van der Waals surface area contributed by atoms with Gasteiger partial charge in [-0.3, -0.25) is 0 Å². The van der Waals surface area contributed by atoms with Gasteiger partial charge < -0.3 is 4.79 Å². The van der Waals surface area contributed by atoms with Crippen molar-refractivity contribution >= 4 is 6.29 Å². The molecular weight excluding hydrogens is 100 g/mol. The predicted octanol–water partition coefficient (Wildman–Crippen LogP) is 1.40. The molecule has 0 saturated heterocycles. The molecule has 1 aliphatic carbocycles. The Morgan fingerprint density at radius 1 is 1.75 bits per heavy atom. The maximum Gasteiger partial charge on any atom is 0.123 e. The van der Waals surface area contributed by atoms with E-state index >= 15 is 0 Å². The molecule has 2 unspecified atom stereocenters. The van der Waals surface area contributed by atoms with Gasteiger partial charge in [0.15, 0.2) is 0 Å². The molecule has 0 heterocycles. The van der Waals surface area contributed by atoms with Gasteiger partial charge in [-0.15, -0.1) is 0 Å². The zero-order valence-corrected chi connectivity index (χ0v) is 5.00. The highest BCUT2D eigenvalue weighted by molar-refractivity contribution is 5.55. The van der Waals surface area contributed by atoms with Crippen LogP contribution in [0.5, 0.6) is 0 Å². The molecule has 2 atom stereocenters. The van der Waals surface area contributed by atoms with E-state index < -0.39 is 0 Å². The van der Waals surface area contributed by atoms with E-state index in [0.29, 0.717) is 5.92 Å². The second-order valence-electron chi connectivity index (χ2n) is 2.32. The van der Waals surface area contributed by atoms with Crippen molar-refractivity contribution in [2.24, 2.45) is 11.8 Å². The molecule has 1 heteroatoms. The van der Waals surface area contributed by atoms with E-state index in [-0.39, 0.29) is 5.92 Å². The topological polar surface area (TPSA) is 17.1 Å². The van der Waals surface area contributed by atoms with Crippen molar-refractivity contribution in [3.8, 4) is 0 Å². The number of hydrogen-bond acceptors (Lipinski definition) is 1. The van der Waals surface area contributed by atoms with E-state index in [2.05, 4.69) is 19.1 Å². The first-order valence-electron chi connectivity index (χ1n) is 2.96. The van der Waals surface area contributed by atoms with Crippen molar-refractivity contribution in [3.63, 3.8) is 0 Å². The van der Waals surface area contributed by atoms with Crippen LogP contribution in [0.25, 0.3) is 0 Å². The van der Waals surface area contributed by atoms with E-state index in [1.165, 1.54) is 0 Å². The first-order chi connectivity index (χ1) is 3.84. The number of carbonyl (C=O) groups excluding carboxylic acids is 1. The molecule has 1 nitrogen and oxygen atoms in total. The van der Waals surface area contributed by atoms with Crippen molar-refractivity contribution in [3.05, 3.63) is 12.2 Å². The second-order valence-corrected chi connectivity index (χ2v) is 2.32. The molecule has 0 spiro atoms. The fraction of sp³-hybridized carbons (Fsp3) is 0.571. The van der Waals surface area contributed by atoms with Crippen LogP contribution in [0.3, 0.4) is 0 Å². The van der Waals surface area contributed by atoms with Gasteiger partial charge in [-0.25, -0.2) is 0 Å². The Balaban J connectivity index is 2.50. The van der Waals surface area contributed by atoms with Gasteiger partial charge in [0.1, 0.15) is 6.29 Å². The summed E-state index contributed by atoms with van der Waals surface area (Å²) in [6.07, 6.45) is 6.16.